The molecule has 2 aliphatic heterocycles. The van der Waals surface area contributed by atoms with E-state index in [4.69, 9.17) is 15.6 Å². The first-order valence-electron chi connectivity index (χ1n) is 11.0. The second kappa shape index (κ2) is 10.2. The first-order valence-corrected chi connectivity index (χ1v) is 14.0. The third-order valence-electron chi connectivity index (χ3n) is 6.17. The summed E-state index contributed by atoms with van der Waals surface area (Å²) in [4.78, 5) is 11.9. The van der Waals surface area contributed by atoms with Crippen LogP contribution >= 0.6 is 0 Å². The largest absolute Gasteiger partial charge is 0.447 e. The van der Waals surface area contributed by atoms with Gasteiger partial charge in [-0.25, -0.2) is 31.5 Å². The van der Waals surface area contributed by atoms with Crippen LogP contribution in [0, 0.1) is 5.92 Å². The minimum atomic E-state index is -4.63. The van der Waals surface area contributed by atoms with Crippen LogP contribution in [0.25, 0.3) is 11.4 Å². The van der Waals surface area contributed by atoms with E-state index in [0.29, 0.717) is 31.6 Å². The second-order valence-electron chi connectivity index (χ2n) is 8.48. The molecule has 18 heteroatoms. The summed E-state index contributed by atoms with van der Waals surface area (Å²) in [5.41, 5.74) is 5.56. The fraction of sp³-hybridized carbons (Fsp3) is 0.556. The minimum Gasteiger partial charge on any atom is -0.447 e. The zero-order valence-corrected chi connectivity index (χ0v) is 20.6. The molecule has 2 atom stereocenters. The van der Waals surface area contributed by atoms with Gasteiger partial charge in [-0.3, -0.25) is 0 Å². The Morgan fingerprint density at radius 3 is 2.53 bits per heavy atom. The highest BCUT2D eigenvalue weighted by molar-refractivity contribution is 7.92. The number of anilines is 1. The van der Waals surface area contributed by atoms with Crippen molar-refractivity contribution in [2.24, 2.45) is 16.8 Å². The standard InChI is InChI=1S/C18H27N9O7S2/c19-7-11(28)8-21-36(32,33)14-2-1-13(15(16(14)35(20,30)31)17-23-25-26-24-17)27-5-3-10(4-6-27)12-9-34-18(29)22-12/h1-2,10-12,21,28H,3-9,19H2,(H,22,29)(H2,20,30,31)(H,23,24,25,26). The van der Waals surface area contributed by atoms with E-state index in [1.165, 1.54) is 6.07 Å². The number of carbonyl (C=O) groups is 1. The van der Waals surface area contributed by atoms with Crippen molar-refractivity contribution in [3.8, 4) is 11.4 Å². The third kappa shape index (κ3) is 5.42. The molecule has 1 aromatic heterocycles. The van der Waals surface area contributed by atoms with Gasteiger partial charge in [0.05, 0.1) is 17.7 Å². The molecule has 4 rings (SSSR count). The van der Waals surface area contributed by atoms with Gasteiger partial charge in [0.1, 0.15) is 16.4 Å². The Hall–Kier alpha value is -2.90. The summed E-state index contributed by atoms with van der Waals surface area (Å²) in [6, 6.07) is 2.47. The van der Waals surface area contributed by atoms with Gasteiger partial charge in [-0.1, -0.05) is 0 Å². The zero-order valence-electron chi connectivity index (χ0n) is 19.0. The monoisotopic (exact) mass is 545 g/mol. The molecule has 1 aromatic carbocycles. The Bertz CT molecular complexity index is 1310. The van der Waals surface area contributed by atoms with Crippen molar-refractivity contribution in [1.82, 2.24) is 30.7 Å². The van der Waals surface area contributed by atoms with E-state index in [1.807, 2.05) is 4.90 Å². The lowest BCUT2D eigenvalue weighted by Crippen LogP contribution is -2.42. The smallest absolute Gasteiger partial charge is 0.407 e. The lowest BCUT2D eigenvalue weighted by atomic mass is 9.89. The summed E-state index contributed by atoms with van der Waals surface area (Å²) in [6.07, 6.45) is -0.318. The maximum atomic E-state index is 13.0. The molecule has 2 aliphatic rings. The summed E-state index contributed by atoms with van der Waals surface area (Å²) >= 11 is 0. The maximum Gasteiger partial charge on any atom is 0.407 e. The van der Waals surface area contributed by atoms with Gasteiger partial charge in [0.15, 0.2) is 0 Å². The summed E-state index contributed by atoms with van der Waals surface area (Å²) in [5, 5.41) is 31.5. The number of nitrogens with two attached hydrogens (primary N) is 2. The van der Waals surface area contributed by atoms with E-state index >= 15 is 0 Å². The number of tetrazole rings is 1. The van der Waals surface area contributed by atoms with Gasteiger partial charge in [-0.05, 0) is 36.1 Å². The number of ether oxygens (including phenoxy) is 1. The van der Waals surface area contributed by atoms with Gasteiger partial charge in [0, 0.05) is 31.9 Å². The van der Waals surface area contributed by atoms with E-state index < -0.39 is 48.6 Å². The number of benzene rings is 1. The molecular weight excluding hydrogens is 518 g/mol. The first-order chi connectivity index (χ1) is 17.0. The highest BCUT2D eigenvalue weighted by atomic mass is 32.2. The molecule has 2 aromatic rings. The molecule has 8 N–H and O–H groups in total. The van der Waals surface area contributed by atoms with Crippen LogP contribution in [0.5, 0.6) is 0 Å². The number of sulfonamides is 2. The van der Waals surface area contributed by atoms with Crippen molar-refractivity contribution < 1.29 is 31.5 Å². The quantitative estimate of drug-likeness (QED) is 0.190. The SMILES string of the molecule is NCC(O)CNS(=O)(=O)c1ccc(N2CCC(C3COC(=O)N3)CC2)c(-c2nn[nH]n2)c1S(N)(=O)=O. The van der Waals surface area contributed by atoms with Crippen LogP contribution in [0.1, 0.15) is 12.8 Å². The van der Waals surface area contributed by atoms with Gasteiger partial charge < -0.3 is 25.8 Å². The number of piperidine rings is 1. The molecule has 0 radical (unpaired) electrons. The normalized spacial score (nSPS) is 20.2. The number of primary sulfonamides is 1. The van der Waals surface area contributed by atoms with Gasteiger partial charge in [-0.15, -0.1) is 10.2 Å². The van der Waals surface area contributed by atoms with E-state index in [2.05, 4.69) is 30.7 Å². The average Bonchev–Trinajstić information content (AvgIpc) is 3.53. The number of nitrogens with one attached hydrogen (secondary N) is 3. The Labute approximate surface area is 206 Å². The Kier molecular flexibility index (Phi) is 7.43. The van der Waals surface area contributed by atoms with Crippen LogP contribution in [-0.2, 0) is 24.8 Å². The number of rotatable bonds is 9. The number of aliphatic hydroxyl groups excluding tert-OH is 1. The van der Waals surface area contributed by atoms with Crippen molar-refractivity contribution in [1.29, 1.82) is 0 Å². The van der Waals surface area contributed by atoms with E-state index in [1.54, 1.807) is 0 Å². The number of hydrogen-bond donors (Lipinski definition) is 6. The van der Waals surface area contributed by atoms with Crippen molar-refractivity contribution in [2.45, 2.75) is 34.8 Å². The van der Waals surface area contributed by atoms with Gasteiger partial charge >= 0.3 is 6.09 Å². The Morgan fingerprint density at radius 1 is 1.25 bits per heavy atom. The number of aromatic nitrogens is 4. The number of aliphatic hydroxyl groups is 1. The molecule has 16 nitrogen and oxygen atoms in total. The van der Waals surface area contributed by atoms with Crippen molar-refractivity contribution >= 4 is 31.8 Å². The lowest BCUT2D eigenvalue weighted by molar-refractivity contribution is 0.174. The average molecular weight is 546 g/mol. The molecule has 0 aliphatic carbocycles. The summed E-state index contributed by atoms with van der Waals surface area (Å²) in [7, 11) is -9.08. The van der Waals surface area contributed by atoms with Crippen molar-refractivity contribution in [2.75, 3.05) is 37.7 Å². The molecule has 0 saturated carbocycles. The van der Waals surface area contributed by atoms with Gasteiger partial charge in [0.25, 0.3) is 0 Å². The van der Waals surface area contributed by atoms with Crippen LogP contribution in [0.4, 0.5) is 10.5 Å². The molecule has 0 bridgehead atoms. The Morgan fingerprint density at radius 2 is 1.97 bits per heavy atom. The molecule has 3 heterocycles. The molecule has 2 saturated heterocycles. The van der Waals surface area contributed by atoms with Crippen molar-refractivity contribution in [3.05, 3.63) is 12.1 Å². The number of aromatic amines is 1. The predicted molar refractivity (Wildman–Crippen MR) is 124 cm³/mol. The second-order valence-corrected chi connectivity index (χ2v) is 11.7. The summed E-state index contributed by atoms with van der Waals surface area (Å²) in [5.74, 6) is -0.0106. The first kappa shape index (κ1) is 26.2. The third-order valence-corrected chi connectivity index (χ3v) is 8.76. The molecule has 1 amide bonds. The number of cyclic esters (lactones) is 1. The fourth-order valence-corrected chi connectivity index (χ4v) is 7.03. The van der Waals surface area contributed by atoms with Crippen LogP contribution in [0.15, 0.2) is 21.9 Å². The number of amides is 1. The number of H-pyrrole nitrogens is 1. The molecule has 198 valence electrons. The maximum absolute atomic E-state index is 13.0. The number of carbonyl (C=O) groups excluding carboxylic acids is 1. The Balaban J connectivity index is 1.74. The van der Waals surface area contributed by atoms with Crippen LogP contribution < -0.4 is 25.8 Å². The minimum absolute atomic E-state index is 0.112. The van der Waals surface area contributed by atoms with E-state index in [-0.39, 0.29) is 36.5 Å². The van der Waals surface area contributed by atoms with Gasteiger partial charge in [0.2, 0.25) is 25.9 Å². The van der Waals surface area contributed by atoms with E-state index in [0.717, 1.165) is 6.07 Å². The van der Waals surface area contributed by atoms with Crippen molar-refractivity contribution in [3.63, 3.8) is 0 Å². The summed E-state index contributed by atoms with van der Waals surface area (Å²) < 4.78 is 58.7. The molecule has 2 fully saturated rings. The number of nitrogens with zero attached hydrogens (tertiary/aromatic N) is 4. The molecule has 0 spiro atoms. The molecule has 2 unspecified atom stereocenters. The van der Waals surface area contributed by atoms with Crippen LogP contribution in [0.3, 0.4) is 0 Å². The van der Waals surface area contributed by atoms with E-state index in [9.17, 15) is 26.7 Å². The highest BCUT2D eigenvalue weighted by Crippen LogP contribution is 2.39. The fourth-order valence-electron chi connectivity index (χ4n) is 4.36. The predicted octanol–water partition coefficient (Wildman–Crippen LogP) is -2.56. The van der Waals surface area contributed by atoms with Gasteiger partial charge in [-0.2, -0.15) is 5.21 Å². The van der Waals surface area contributed by atoms with Crippen LogP contribution in [-0.4, -0.2) is 93.6 Å². The number of hydrogen-bond acceptors (Lipinski definition) is 12. The molecular formula is C18H27N9O7S2. The summed E-state index contributed by atoms with van der Waals surface area (Å²) in [6.45, 7) is 0.588. The number of alkyl carbamates (subject to hydrolysis) is 1. The zero-order chi connectivity index (χ0) is 26.1. The molecule has 36 heavy (non-hydrogen) atoms. The topological polar surface area (TPSA) is 249 Å². The lowest BCUT2D eigenvalue weighted by Gasteiger charge is -2.36. The highest BCUT2D eigenvalue weighted by Gasteiger charge is 2.36. The van der Waals surface area contributed by atoms with Crippen LogP contribution in [0.2, 0.25) is 0 Å².